The van der Waals surface area contributed by atoms with Crippen LogP contribution in [0.25, 0.3) is 0 Å². The van der Waals surface area contributed by atoms with E-state index >= 15 is 0 Å². The lowest BCUT2D eigenvalue weighted by atomic mass is 9.88. The second kappa shape index (κ2) is 7.44. The van der Waals surface area contributed by atoms with Gasteiger partial charge in [0.15, 0.2) is 9.84 Å². The van der Waals surface area contributed by atoms with Crippen molar-refractivity contribution in [3.05, 3.63) is 45.8 Å². The first-order valence-corrected chi connectivity index (χ1v) is 11.3. The van der Waals surface area contributed by atoms with Crippen LogP contribution in [-0.4, -0.2) is 33.7 Å². The van der Waals surface area contributed by atoms with Crippen LogP contribution < -0.4 is 5.32 Å². The summed E-state index contributed by atoms with van der Waals surface area (Å²) < 4.78 is 28.0. The van der Waals surface area contributed by atoms with Crippen molar-refractivity contribution < 1.29 is 22.7 Å². The zero-order valence-electron chi connectivity index (χ0n) is 15.4. The highest BCUT2D eigenvalue weighted by molar-refractivity contribution is 7.90. The third-order valence-corrected chi connectivity index (χ3v) is 6.97. The van der Waals surface area contributed by atoms with Crippen molar-refractivity contribution in [2.24, 2.45) is 5.92 Å². The Morgan fingerprint density at radius 3 is 2.48 bits per heavy atom. The molecule has 144 valence electrons. The molecule has 1 aromatic carbocycles. The number of benzene rings is 1. The number of hydrogen-bond donors (Lipinski definition) is 1. The number of anilines is 1. The van der Waals surface area contributed by atoms with Gasteiger partial charge in [-0.3, -0.25) is 4.79 Å². The highest BCUT2D eigenvalue weighted by Gasteiger charge is 2.29. The third-order valence-electron chi connectivity index (χ3n) is 4.67. The van der Waals surface area contributed by atoms with Gasteiger partial charge >= 0.3 is 5.97 Å². The minimum atomic E-state index is -3.32. The number of hydrogen-bond acceptors (Lipinski definition) is 6. The molecule has 0 bridgehead atoms. The molecule has 1 amide bonds. The topological polar surface area (TPSA) is 89.5 Å². The van der Waals surface area contributed by atoms with Crippen LogP contribution in [0.2, 0.25) is 0 Å². The Morgan fingerprint density at radius 1 is 1.22 bits per heavy atom. The summed E-state index contributed by atoms with van der Waals surface area (Å²) >= 11 is 1.41. The van der Waals surface area contributed by atoms with E-state index in [2.05, 4.69) is 12.2 Å². The predicted octanol–water partition coefficient (Wildman–Crippen LogP) is 3.32. The summed E-state index contributed by atoms with van der Waals surface area (Å²) in [5.74, 6) is -0.314. The molecule has 0 saturated carbocycles. The van der Waals surface area contributed by atoms with Crippen molar-refractivity contribution in [2.75, 3.05) is 18.7 Å². The summed E-state index contributed by atoms with van der Waals surface area (Å²) in [6.45, 7) is 2.17. The number of methoxy groups -OCH3 is 1. The van der Waals surface area contributed by atoms with Crippen molar-refractivity contribution in [3.63, 3.8) is 0 Å². The van der Waals surface area contributed by atoms with Gasteiger partial charge in [0.1, 0.15) is 5.00 Å². The van der Waals surface area contributed by atoms with Crippen molar-refractivity contribution in [2.45, 2.75) is 31.1 Å². The fourth-order valence-corrected chi connectivity index (χ4v) is 5.21. The Labute approximate surface area is 162 Å². The average molecular weight is 408 g/mol. The number of carbonyl (C=O) groups is 2. The van der Waals surface area contributed by atoms with Gasteiger partial charge in [-0.1, -0.05) is 6.92 Å². The van der Waals surface area contributed by atoms with Crippen molar-refractivity contribution in [3.8, 4) is 0 Å². The lowest BCUT2D eigenvalue weighted by Crippen LogP contribution is -2.16. The molecule has 1 atom stereocenters. The van der Waals surface area contributed by atoms with E-state index in [4.69, 9.17) is 4.74 Å². The fraction of sp³-hybridized carbons (Fsp3) is 0.368. The summed E-state index contributed by atoms with van der Waals surface area (Å²) in [4.78, 5) is 26.2. The zero-order valence-corrected chi connectivity index (χ0v) is 17.0. The van der Waals surface area contributed by atoms with E-state index in [1.807, 2.05) is 0 Å². The quantitative estimate of drug-likeness (QED) is 0.786. The maximum Gasteiger partial charge on any atom is 0.341 e. The molecule has 27 heavy (non-hydrogen) atoms. The van der Waals surface area contributed by atoms with Crippen LogP contribution in [-0.2, 0) is 27.4 Å². The minimum absolute atomic E-state index is 0.148. The molecule has 1 aliphatic carbocycles. The molecule has 1 aromatic heterocycles. The summed E-state index contributed by atoms with van der Waals surface area (Å²) in [7, 11) is -2.00. The van der Waals surface area contributed by atoms with Crippen LogP contribution in [0, 0.1) is 5.92 Å². The Morgan fingerprint density at radius 2 is 1.89 bits per heavy atom. The van der Waals surface area contributed by atoms with Gasteiger partial charge < -0.3 is 10.1 Å². The lowest BCUT2D eigenvalue weighted by Gasteiger charge is -2.18. The number of ether oxygens (including phenoxy) is 1. The van der Waals surface area contributed by atoms with E-state index in [1.54, 1.807) is 0 Å². The minimum Gasteiger partial charge on any atom is -0.465 e. The van der Waals surface area contributed by atoms with Gasteiger partial charge in [0.25, 0.3) is 5.91 Å². The number of sulfone groups is 1. The molecule has 1 heterocycles. The second-order valence-corrected chi connectivity index (χ2v) is 9.92. The molecule has 1 N–H and O–H groups in total. The summed E-state index contributed by atoms with van der Waals surface area (Å²) in [5, 5.41) is 3.29. The second-order valence-electron chi connectivity index (χ2n) is 6.80. The SMILES string of the molecule is COC(=O)c1c(NC(=O)c2ccc(S(C)(=O)=O)cc2)sc2c1CC[C@@H](C)C2. The van der Waals surface area contributed by atoms with Gasteiger partial charge in [0.05, 0.1) is 17.6 Å². The molecule has 0 spiro atoms. The molecule has 8 heteroatoms. The lowest BCUT2D eigenvalue weighted by molar-refractivity contribution is 0.0601. The highest BCUT2D eigenvalue weighted by Crippen LogP contribution is 2.40. The molecular weight excluding hydrogens is 386 g/mol. The summed E-state index contributed by atoms with van der Waals surface area (Å²) in [6, 6.07) is 5.71. The number of amides is 1. The Bertz CT molecular complexity index is 990. The molecule has 3 rings (SSSR count). The van der Waals surface area contributed by atoms with Crippen molar-refractivity contribution in [1.82, 2.24) is 0 Å². The Kier molecular flexibility index (Phi) is 5.39. The normalized spacial score (nSPS) is 16.5. The third kappa shape index (κ3) is 4.06. The number of nitrogens with one attached hydrogen (secondary N) is 1. The van der Waals surface area contributed by atoms with Gasteiger partial charge in [0, 0.05) is 16.7 Å². The fourth-order valence-electron chi connectivity index (χ4n) is 3.19. The first-order chi connectivity index (χ1) is 12.7. The summed E-state index contributed by atoms with van der Waals surface area (Å²) in [6.07, 6.45) is 3.77. The van der Waals surface area contributed by atoms with Gasteiger partial charge in [-0.15, -0.1) is 11.3 Å². The van der Waals surface area contributed by atoms with Crippen LogP contribution in [0.1, 0.15) is 44.5 Å². The van der Waals surface area contributed by atoms with Crippen molar-refractivity contribution in [1.29, 1.82) is 0 Å². The number of esters is 1. The van der Waals surface area contributed by atoms with Crippen LogP contribution in [0.15, 0.2) is 29.2 Å². The highest BCUT2D eigenvalue weighted by atomic mass is 32.2. The van der Waals surface area contributed by atoms with Crippen LogP contribution >= 0.6 is 11.3 Å². The maximum absolute atomic E-state index is 12.6. The molecule has 0 unspecified atom stereocenters. The molecule has 0 fully saturated rings. The van der Waals surface area contributed by atoms with Crippen LogP contribution in [0.5, 0.6) is 0 Å². The predicted molar refractivity (Wildman–Crippen MR) is 104 cm³/mol. The Hall–Kier alpha value is -2.19. The largest absolute Gasteiger partial charge is 0.465 e. The standard InChI is InChI=1S/C19H21NO5S2/c1-11-4-9-14-15(10-11)26-18(16(14)19(22)25-2)20-17(21)12-5-7-13(8-6-12)27(3,23)24/h5-8,11H,4,9-10H2,1-3H3,(H,20,21)/t11-/m1/s1. The smallest absolute Gasteiger partial charge is 0.341 e. The molecule has 0 aliphatic heterocycles. The van der Waals surface area contributed by atoms with Crippen LogP contribution in [0.3, 0.4) is 0 Å². The van der Waals surface area contributed by atoms with Crippen molar-refractivity contribution >= 4 is 38.1 Å². The van der Waals surface area contributed by atoms with E-state index in [9.17, 15) is 18.0 Å². The first-order valence-electron chi connectivity index (χ1n) is 8.55. The van der Waals surface area contributed by atoms with Crippen LogP contribution in [0.4, 0.5) is 5.00 Å². The number of fused-ring (bicyclic) bond motifs is 1. The number of carbonyl (C=O) groups excluding carboxylic acids is 2. The monoisotopic (exact) mass is 407 g/mol. The van der Waals surface area contributed by atoms with Gasteiger partial charge in [-0.2, -0.15) is 0 Å². The van der Waals surface area contributed by atoms with Gasteiger partial charge in [-0.25, -0.2) is 13.2 Å². The van der Waals surface area contributed by atoms with Gasteiger partial charge in [-0.05, 0) is 55.0 Å². The molecule has 0 radical (unpaired) electrons. The first kappa shape index (κ1) is 19.6. The van der Waals surface area contributed by atoms with Gasteiger partial charge in [0.2, 0.25) is 0 Å². The van der Waals surface area contributed by atoms with E-state index in [0.717, 1.165) is 36.0 Å². The molecule has 2 aromatic rings. The average Bonchev–Trinajstić information content (AvgIpc) is 2.97. The van der Waals surface area contributed by atoms with E-state index in [1.165, 1.54) is 42.7 Å². The maximum atomic E-state index is 12.6. The number of thiophene rings is 1. The van der Waals surface area contributed by atoms with E-state index < -0.39 is 21.7 Å². The Balaban J connectivity index is 1.91. The molecule has 6 nitrogen and oxygen atoms in total. The van der Waals surface area contributed by atoms with E-state index in [-0.39, 0.29) is 4.90 Å². The number of rotatable bonds is 4. The zero-order chi connectivity index (χ0) is 19.8. The molecule has 0 saturated heterocycles. The molecule has 1 aliphatic rings. The molecular formula is C19H21NO5S2. The summed E-state index contributed by atoms with van der Waals surface area (Å²) in [5.41, 5.74) is 1.72. The van der Waals surface area contributed by atoms with E-state index in [0.29, 0.717) is 22.0 Å².